The third-order valence-electron chi connectivity index (χ3n) is 2.62. The molecule has 1 aromatic carbocycles. The first-order valence-corrected chi connectivity index (χ1v) is 6.22. The maximum atomic E-state index is 10.9. The number of rotatable bonds is 9. The zero-order valence-electron chi connectivity index (χ0n) is 11.2. The molecule has 1 rings (SSSR count). The number of benzene rings is 1. The lowest BCUT2D eigenvalue weighted by atomic mass is 10.2. The largest absolute Gasteiger partial charge is 0.492 e. The van der Waals surface area contributed by atoms with Crippen LogP contribution in [0.2, 0.25) is 0 Å². The van der Waals surface area contributed by atoms with Crippen LogP contribution < -0.4 is 21.9 Å². The maximum absolute atomic E-state index is 10.9. The van der Waals surface area contributed by atoms with Crippen molar-refractivity contribution in [1.82, 2.24) is 4.90 Å². The molecular formula is C13H20N4O3. The minimum absolute atomic E-state index is 0.0369. The van der Waals surface area contributed by atoms with Crippen LogP contribution in [0.15, 0.2) is 24.3 Å². The van der Waals surface area contributed by atoms with E-state index in [9.17, 15) is 9.59 Å². The second-order valence-electron chi connectivity index (χ2n) is 4.30. The third kappa shape index (κ3) is 5.68. The van der Waals surface area contributed by atoms with Crippen LogP contribution in [0.1, 0.15) is 5.56 Å². The van der Waals surface area contributed by atoms with Crippen LogP contribution in [0.3, 0.4) is 0 Å². The topological polar surface area (TPSA) is 125 Å². The second kappa shape index (κ2) is 8.13. The van der Waals surface area contributed by atoms with Crippen molar-refractivity contribution in [2.75, 3.05) is 26.2 Å². The monoisotopic (exact) mass is 280 g/mol. The fraction of sp³-hybridized carbons (Fsp3) is 0.385. The molecule has 110 valence electrons. The van der Waals surface area contributed by atoms with E-state index in [2.05, 4.69) is 0 Å². The Labute approximate surface area is 117 Å². The van der Waals surface area contributed by atoms with E-state index in [1.54, 1.807) is 0 Å². The SMILES string of the molecule is NCc1ccccc1OCCN(CC(N)=O)CC(N)=O. The molecule has 0 aliphatic rings. The highest BCUT2D eigenvalue weighted by Crippen LogP contribution is 2.16. The quantitative estimate of drug-likeness (QED) is 0.524. The zero-order valence-corrected chi connectivity index (χ0v) is 11.2. The molecule has 0 radical (unpaired) electrons. The van der Waals surface area contributed by atoms with Gasteiger partial charge in [-0.1, -0.05) is 18.2 Å². The van der Waals surface area contributed by atoms with Gasteiger partial charge in [-0.25, -0.2) is 0 Å². The summed E-state index contributed by atoms with van der Waals surface area (Å²) in [6, 6.07) is 7.41. The fourth-order valence-electron chi connectivity index (χ4n) is 1.75. The average molecular weight is 280 g/mol. The summed E-state index contributed by atoms with van der Waals surface area (Å²) >= 11 is 0. The molecule has 0 aliphatic carbocycles. The number of nitrogens with zero attached hydrogens (tertiary/aromatic N) is 1. The number of hydrogen-bond acceptors (Lipinski definition) is 5. The van der Waals surface area contributed by atoms with Crippen LogP contribution in [-0.4, -0.2) is 43.0 Å². The van der Waals surface area contributed by atoms with Crippen LogP contribution in [-0.2, 0) is 16.1 Å². The lowest BCUT2D eigenvalue weighted by molar-refractivity contribution is -0.122. The molecule has 1 aromatic rings. The van der Waals surface area contributed by atoms with Gasteiger partial charge < -0.3 is 21.9 Å². The summed E-state index contributed by atoms with van der Waals surface area (Å²) in [5.74, 6) is -0.352. The molecule has 0 saturated carbocycles. The minimum Gasteiger partial charge on any atom is -0.492 e. The van der Waals surface area contributed by atoms with Crippen molar-refractivity contribution < 1.29 is 14.3 Å². The summed E-state index contributed by atoms with van der Waals surface area (Å²) in [7, 11) is 0. The van der Waals surface area contributed by atoms with E-state index in [0.717, 1.165) is 5.56 Å². The molecule has 0 fully saturated rings. The normalized spacial score (nSPS) is 10.5. The van der Waals surface area contributed by atoms with E-state index in [0.29, 0.717) is 25.4 Å². The highest BCUT2D eigenvalue weighted by molar-refractivity contribution is 5.79. The number of carbonyl (C=O) groups is 2. The maximum Gasteiger partial charge on any atom is 0.231 e. The Morgan fingerprint density at radius 3 is 2.25 bits per heavy atom. The van der Waals surface area contributed by atoms with E-state index in [1.807, 2.05) is 24.3 Å². The Morgan fingerprint density at radius 2 is 1.70 bits per heavy atom. The molecule has 0 bridgehead atoms. The smallest absolute Gasteiger partial charge is 0.231 e. The number of para-hydroxylation sites is 1. The van der Waals surface area contributed by atoms with Crippen LogP contribution in [0.4, 0.5) is 0 Å². The molecule has 0 unspecified atom stereocenters. The number of carbonyl (C=O) groups excluding carboxylic acids is 2. The van der Waals surface area contributed by atoms with Gasteiger partial charge in [-0.15, -0.1) is 0 Å². The van der Waals surface area contributed by atoms with Crippen LogP contribution >= 0.6 is 0 Å². The number of amides is 2. The highest BCUT2D eigenvalue weighted by atomic mass is 16.5. The Morgan fingerprint density at radius 1 is 1.10 bits per heavy atom. The zero-order chi connectivity index (χ0) is 15.0. The van der Waals surface area contributed by atoms with Gasteiger partial charge in [-0.05, 0) is 6.07 Å². The van der Waals surface area contributed by atoms with Gasteiger partial charge in [-0.2, -0.15) is 0 Å². The minimum atomic E-state index is -0.520. The first-order chi connectivity index (χ1) is 9.52. The van der Waals surface area contributed by atoms with Crippen molar-refractivity contribution in [3.8, 4) is 5.75 Å². The van der Waals surface area contributed by atoms with Crippen LogP contribution in [0.5, 0.6) is 5.75 Å². The third-order valence-corrected chi connectivity index (χ3v) is 2.62. The van der Waals surface area contributed by atoms with E-state index >= 15 is 0 Å². The number of primary amides is 2. The summed E-state index contributed by atoms with van der Waals surface area (Å²) in [4.78, 5) is 23.3. The summed E-state index contributed by atoms with van der Waals surface area (Å²) in [5, 5.41) is 0. The fourth-order valence-corrected chi connectivity index (χ4v) is 1.75. The molecule has 20 heavy (non-hydrogen) atoms. The van der Waals surface area contributed by atoms with Gasteiger partial charge >= 0.3 is 0 Å². The van der Waals surface area contributed by atoms with Crippen LogP contribution in [0.25, 0.3) is 0 Å². The average Bonchev–Trinajstić information content (AvgIpc) is 2.37. The van der Waals surface area contributed by atoms with Crippen molar-refractivity contribution >= 4 is 11.8 Å². The molecule has 0 atom stereocenters. The number of ether oxygens (including phenoxy) is 1. The van der Waals surface area contributed by atoms with Crippen molar-refractivity contribution in [2.24, 2.45) is 17.2 Å². The molecule has 0 aromatic heterocycles. The standard InChI is InChI=1S/C13H20N4O3/c14-7-10-3-1-2-4-11(10)20-6-5-17(8-12(15)18)9-13(16)19/h1-4H,5-9,14H2,(H2,15,18)(H2,16,19). The Kier molecular flexibility index (Phi) is 6.48. The molecule has 0 saturated heterocycles. The predicted octanol–water partition coefficient (Wildman–Crippen LogP) is -1.20. The van der Waals surface area contributed by atoms with Gasteiger partial charge in [0, 0.05) is 18.7 Å². The van der Waals surface area contributed by atoms with Gasteiger partial charge in [0.15, 0.2) is 0 Å². The highest BCUT2D eigenvalue weighted by Gasteiger charge is 2.11. The van der Waals surface area contributed by atoms with Gasteiger partial charge in [0.25, 0.3) is 0 Å². The Hall–Kier alpha value is -2.12. The second-order valence-corrected chi connectivity index (χ2v) is 4.30. The predicted molar refractivity (Wildman–Crippen MR) is 74.7 cm³/mol. The molecule has 2 amide bonds. The summed E-state index contributed by atoms with van der Waals surface area (Å²) < 4.78 is 5.60. The lowest BCUT2D eigenvalue weighted by Gasteiger charge is -2.19. The molecule has 7 heteroatoms. The van der Waals surface area contributed by atoms with E-state index < -0.39 is 11.8 Å². The van der Waals surface area contributed by atoms with Crippen LogP contribution in [0, 0.1) is 0 Å². The summed E-state index contributed by atoms with van der Waals surface area (Å²) in [6.45, 7) is 0.973. The molecule has 6 N–H and O–H groups in total. The Balaban J connectivity index is 2.50. The summed E-state index contributed by atoms with van der Waals surface area (Å²) in [6.07, 6.45) is 0. The van der Waals surface area contributed by atoms with Gasteiger partial charge in [0.1, 0.15) is 12.4 Å². The van der Waals surface area contributed by atoms with E-state index in [1.165, 1.54) is 4.90 Å². The molecule has 0 heterocycles. The van der Waals surface area contributed by atoms with Gasteiger partial charge in [-0.3, -0.25) is 14.5 Å². The van der Waals surface area contributed by atoms with Crippen molar-refractivity contribution in [1.29, 1.82) is 0 Å². The summed E-state index contributed by atoms with van der Waals surface area (Å²) in [5.41, 5.74) is 16.7. The molecule has 7 nitrogen and oxygen atoms in total. The van der Waals surface area contributed by atoms with Crippen molar-refractivity contribution in [2.45, 2.75) is 6.54 Å². The molecule has 0 aliphatic heterocycles. The molecule has 0 spiro atoms. The molecular weight excluding hydrogens is 260 g/mol. The van der Waals surface area contributed by atoms with Gasteiger partial charge in [0.05, 0.1) is 13.1 Å². The van der Waals surface area contributed by atoms with Crippen molar-refractivity contribution in [3.63, 3.8) is 0 Å². The van der Waals surface area contributed by atoms with E-state index in [4.69, 9.17) is 21.9 Å². The Bertz CT molecular complexity index is 449. The van der Waals surface area contributed by atoms with E-state index in [-0.39, 0.29) is 13.1 Å². The van der Waals surface area contributed by atoms with Crippen molar-refractivity contribution in [3.05, 3.63) is 29.8 Å². The first-order valence-electron chi connectivity index (χ1n) is 6.22. The lowest BCUT2D eigenvalue weighted by Crippen LogP contribution is -2.41. The number of hydrogen-bond donors (Lipinski definition) is 3. The van der Waals surface area contributed by atoms with Gasteiger partial charge in [0.2, 0.25) is 11.8 Å². The first kappa shape index (κ1) is 15.9. The number of nitrogens with two attached hydrogens (primary N) is 3.